The Hall–Kier alpha value is -3.39. The predicted octanol–water partition coefficient (Wildman–Crippen LogP) is 3.75. The number of nitrogens with zero attached hydrogens (tertiary/aromatic N) is 5. The lowest BCUT2D eigenvalue weighted by atomic mass is 10.2. The summed E-state index contributed by atoms with van der Waals surface area (Å²) in [7, 11) is 1.63. The number of ether oxygens (including phenoxy) is 1. The fourth-order valence-corrected chi connectivity index (χ4v) is 4.08. The normalized spacial score (nSPS) is 11.0. The molecule has 8 heteroatoms. The van der Waals surface area contributed by atoms with Crippen LogP contribution in [0.15, 0.2) is 71.3 Å². The van der Waals surface area contributed by atoms with Gasteiger partial charge in [-0.05, 0) is 30.7 Å². The van der Waals surface area contributed by atoms with Crippen LogP contribution in [0.1, 0.15) is 11.3 Å². The van der Waals surface area contributed by atoms with Crippen LogP contribution in [0.2, 0.25) is 0 Å². The molecule has 0 saturated heterocycles. The number of aromatic nitrogens is 5. The van der Waals surface area contributed by atoms with Crippen LogP contribution in [-0.2, 0) is 12.3 Å². The zero-order valence-electron chi connectivity index (χ0n) is 16.8. The highest BCUT2D eigenvalue weighted by Crippen LogP contribution is 2.31. The number of para-hydroxylation sites is 1. The van der Waals surface area contributed by atoms with Gasteiger partial charge in [0.15, 0.2) is 11.0 Å². The third-order valence-corrected chi connectivity index (χ3v) is 5.67. The molecular formula is C22H21N5O2S. The topological polar surface area (TPSA) is 74.3 Å². The number of thioether (sulfide) groups is 1. The zero-order chi connectivity index (χ0) is 21.1. The highest BCUT2D eigenvalue weighted by Gasteiger charge is 2.17. The molecule has 3 heterocycles. The molecule has 0 aliphatic carbocycles. The number of allylic oxidation sites excluding steroid dienone is 1. The Labute approximate surface area is 178 Å². The summed E-state index contributed by atoms with van der Waals surface area (Å²) >= 11 is 1.48. The summed E-state index contributed by atoms with van der Waals surface area (Å²) in [6.07, 6.45) is 3.53. The second-order valence-corrected chi connectivity index (χ2v) is 7.61. The number of rotatable bonds is 7. The molecule has 4 aromatic rings. The van der Waals surface area contributed by atoms with Crippen LogP contribution in [0.25, 0.3) is 17.0 Å². The van der Waals surface area contributed by atoms with E-state index in [4.69, 9.17) is 4.74 Å². The van der Waals surface area contributed by atoms with Gasteiger partial charge in [-0.2, -0.15) is 0 Å². The second-order valence-electron chi connectivity index (χ2n) is 6.66. The summed E-state index contributed by atoms with van der Waals surface area (Å²) in [4.78, 5) is 17.1. The Morgan fingerprint density at radius 2 is 2.03 bits per heavy atom. The molecular weight excluding hydrogens is 398 g/mol. The number of benzene rings is 1. The molecule has 0 amide bonds. The number of hydrogen-bond donors (Lipinski definition) is 0. The highest BCUT2D eigenvalue weighted by molar-refractivity contribution is 7.98. The Bertz CT molecular complexity index is 1280. The van der Waals surface area contributed by atoms with Crippen LogP contribution < -0.4 is 10.3 Å². The van der Waals surface area contributed by atoms with Crippen molar-refractivity contribution in [2.75, 3.05) is 7.11 Å². The van der Waals surface area contributed by atoms with Gasteiger partial charge >= 0.3 is 0 Å². The van der Waals surface area contributed by atoms with E-state index in [0.717, 1.165) is 22.0 Å². The quantitative estimate of drug-likeness (QED) is 0.336. The molecule has 0 fully saturated rings. The average molecular weight is 420 g/mol. The van der Waals surface area contributed by atoms with Crippen LogP contribution in [0.5, 0.6) is 5.75 Å². The van der Waals surface area contributed by atoms with E-state index in [0.29, 0.717) is 29.5 Å². The molecule has 4 rings (SSSR count). The molecule has 0 unspecified atom stereocenters. The van der Waals surface area contributed by atoms with E-state index in [2.05, 4.69) is 21.8 Å². The van der Waals surface area contributed by atoms with Crippen LogP contribution >= 0.6 is 11.8 Å². The van der Waals surface area contributed by atoms with Crippen molar-refractivity contribution in [3.63, 3.8) is 0 Å². The lowest BCUT2D eigenvalue weighted by Crippen LogP contribution is -2.15. The van der Waals surface area contributed by atoms with Crippen molar-refractivity contribution in [1.82, 2.24) is 24.1 Å². The van der Waals surface area contributed by atoms with Crippen molar-refractivity contribution < 1.29 is 4.74 Å². The standard InChI is InChI=1S/C22H21N5O2S/c1-4-11-27-21(17-9-5-6-10-18(17)29-3)24-25-22(27)30-14-16-13-19(28)26-12-7-8-15(2)20(26)23-16/h4-10,12-13H,1,11,14H2,2-3H3. The van der Waals surface area contributed by atoms with Gasteiger partial charge in [0.1, 0.15) is 11.4 Å². The lowest BCUT2D eigenvalue weighted by Gasteiger charge is -2.10. The van der Waals surface area contributed by atoms with Crippen molar-refractivity contribution in [2.24, 2.45) is 0 Å². The molecule has 0 aliphatic heterocycles. The first kappa shape index (κ1) is 19.9. The van der Waals surface area contributed by atoms with Gasteiger partial charge < -0.3 is 4.74 Å². The molecule has 0 spiro atoms. The van der Waals surface area contributed by atoms with Gasteiger partial charge in [-0.25, -0.2) is 4.98 Å². The van der Waals surface area contributed by atoms with Gasteiger partial charge in [-0.15, -0.1) is 16.8 Å². The van der Waals surface area contributed by atoms with E-state index in [1.54, 1.807) is 29.8 Å². The smallest absolute Gasteiger partial charge is 0.258 e. The molecule has 0 saturated carbocycles. The zero-order valence-corrected chi connectivity index (χ0v) is 17.6. The Morgan fingerprint density at radius 1 is 1.20 bits per heavy atom. The number of fused-ring (bicyclic) bond motifs is 1. The van der Waals surface area contributed by atoms with E-state index < -0.39 is 0 Å². The maximum atomic E-state index is 12.4. The molecule has 7 nitrogen and oxygen atoms in total. The van der Waals surface area contributed by atoms with E-state index in [-0.39, 0.29) is 5.56 Å². The summed E-state index contributed by atoms with van der Waals surface area (Å²) in [5.41, 5.74) is 3.09. The lowest BCUT2D eigenvalue weighted by molar-refractivity contribution is 0.416. The summed E-state index contributed by atoms with van der Waals surface area (Å²) in [5.74, 6) is 1.94. The van der Waals surface area contributed by atoms with Crippen LogP contribution in [0.3, 0.4) is 0 Å². The Kier molecular flexibility index (Phi) is 5.67. The van der Waals surface area contributed by atoms with E-state index in [9.17, 15) is 4.79 Å². The van der Waals surface area contributed by atoms with Crippen molar-refractivity contribution in [1.29, 1.82) is 0 Å². The minimum Gasteiger partial charge on any atom is -0.496 e. The van der Waals surface area contributed by atoms with Gasteiger partial charge in [0.25, 0.3) is 5.56 Å². The second kappa shape index (κ2) is 8.54. The van der Waals surface area contributed by atoms with Gasteiger partial charge in [0.2, 0.25) is 0 Å². The molecule has 0 radical (unpaired) electrons. The third-order valence-electron chi connectivity index (χ3n) is 4.66. The first-order valence-electron chi connectivity index (χ1n) is 9.40. The van der Waals surface area contributed by atoms with Crippen molar-refractivity contribution in [3.8, 4) is 17.1 Å². The van der Waals surface area contributed by atoms with Gasteiger partial charge in [-0.3, -0.25) is 13.8 Å². The fourth-order valence-electron chi connectivity index (χ4n) is 3.24. The van der Waals surface area contributed by atoms with Crippen molar-refractivity contribution >= 4 is 17.4 Å². The van der Waals surface area contributed by atoms with Crippen LogP contribution in [-0.4, -0.2) is 31.3 Å². The highest BCUT2D eigenvalue weighted by atomic mass is 32.2. The van der Waals surface area contributed by atoms with Gasteiger partial charge in [0.05, 0.1) is 18.4 Å². The molecule has 3 aromatic heterocycles. The SMILES string of the molecule is C=CCn1c(SCc2cc(=O)n3cccc(C)c3n2)nnc1-c1ccccc1OC. The van der Waals surface area contributed by atoms with Crippen molar-refractivity contribution in [2.45, 2.75) is 24.4 Å². The van der Waals surface area contributed by atoms with Crippen LogP contribution in [0, 0.1) is 6.92 Å². The fraction of sp³-hybridized carbons (Fsp3) is 0.182. The number of hydrogen-bond acceptors (Lipinski definition) is 6. The Balaban J connectivity index is 1.67. The summed E-state index contributed by atoms with van der Waals surface area (Å²) in [6.45, 7) is 6.35. The summed E-state index contributed by atoms with van der Waals surface area (Å²) < 4.78 is 9.02. The van der Waals surface area contributed by atoms with Gasteiger partial charge in [0, 0.05) is 24.6 Å². The molecule has 30 heavy (non-hydrogen) atoms. The van der Waals surface area contributed by atoms with E-state index in [1.807, 2.05) is 47.9 Å². The third kappa shape index (κ3) is 3.73. The first-order chi connectivity index (χ1) is 14.6. The molecule has 1 aromatic carbocycles. The predicted molar refractivity (Wildman–Crippen MR) is 118 cm³/mol. The van der Waals surface area contributed by atoms with E-state index >= 15 is 0 Å². The maximum absolute atomic E-state index is 12.4. The molecule has 0 atom stereocenters. The first-order valence-corrected chi connectivity index (χ1v) is 10.4. The summed E-state index contributed by atoms with van der Waals surface area (Å²) in [5, 5.41) is 9.48. The number of aryl methyl sites for hydroxylation is 1. The molecule has 152 valence electrons. The Morgan fingerprint density at radius 3 is 2.83 bits per heavy atom. The molecule has 0 aliphatic rings. The monoisotopic (exact) mass is 419 g/mol. The largest absolute Gasteiger partial charge is 0.496 e. The van der Waals surface area contributed by atoms with Crippen LogP contribution in [0.4, 0.5) is 0 Å². The number of pyridine rings is 1. The van der Waals surface area contributed by atoms with Crippen molar-refractivity contribution in [3.05, 3.63) is 82.9 Å². The molecule has 0 N–H and O–H groups in total. The minimum absolute atomic E-state index is 0.0958. The summed E-state index contributed by atoms with van der Waals surface area (Å²) in [6, 6.07) is 13.0. The van der Waals surface area contributed by atoms with E-state index in [1.165, 1.54) is 11.8 Å². The molecule has 0 bridgehead atoms. The average Bonchev–Trinajstić information content (AvgIpc) is 3.15. The number of methoxy groups -OCH3 is 1. The maximum Gasteiger partial charge on any atom is 0.258 e. The van der Waals surface area contributed by atoms with Gasteiger partial charge in [-0.1, -0.05) is 36.0 Å². The minimum atomic E-state index is -0.0958.